The number of aliphatic imine (C=N–C) groups is 1. The van der Waals surface area contributed by atoms with Crippen LogP contribution in [-0.4, -0.2) is 28.7 Å². The Hall–Kier alpha value is -1.21. The molecular formula is C14H15BrN2O3S. The Morgan fingerprint density at radius 1 is 1.62 bits per heavy atom. The molecule has 0 fully saturated rings. The summed E-state index contributed by atoms with van der Waals surface area (Å²) in [5.41, 5.74) is 0.530. The van der Waals surface area contributed by atoms with E-state index in [4.69, 9.17) is 14.8 Å². The van der Waals surface area contributed by atoms with Crippen molar-refractivity contribution in [3.63, 3.8) is 0 Å². The van der Waals surface area contributed by atoms with Gasteiger partial charge in [-0.15, -0.1) is 0 Å². The quantitative estimate of drug-likeness (QED) is 0.733. The van der Waals surface area contributed by atoms with Crippen LogP contribution in [0, 0.1) is 5.92 Å². The number of thioether (sulfide) groups is 1. The summed E-state index contributed by atoms with van der Waals surface area (Å²) in [7, 11) is 0. The number of nitrogens with one attached hydrogen (secondary N) is 1. The summed E-state index contributed by atoms with van der Waals surface area (Å²) in [6.45, 7) is 2.72. The van der Waals surface area contributed by atoms with Crippen molar-refractivity contribution in [3.8, 4) is 5.75 Å². The van der Waals surface area contributed by atoms with Crippen LogP contribution in [-0.2, 0) is 5.54 Å². The van der Waals surface area contributed by atoms with E-state index in [0.717, 1.165) is 28.0 Å². The lowest BCUT2D eigenvalue weighted by atomic mass is 9.79. The molecule has 1 amide bonds. The normalized spacial score (nSPS) is 27.5. The summed E-state index contributed by atoms with van der Waals surface area (Å²) in [4.78, 5) is 15.6. The fraction of sp³-hybridized carbons (Fsp3) is 0.429. The molecule has 7 heteroatoms. The maximum Gasteiger partial charge on any atom is 0.410 e. The number of rotatable bonds is 0. The van der Waals surface area contributed by atoms with E-state index < -0.39 is 11.6 Å². The predicted molar refractivity (Wildman–Crippen MR) is 86.1 cm³/mol. The lowest BCUT2D eigenvalue weighted by molar-refractivity contribution is 0.200. The summed E-state index contributed by atoms with van der Waals surface area (Å²) in [6.07, 6.45) is -0.178. The summed E-state index contributed by atoms with van der Waals surface area (Å²) >= 11 is 4.95. The van der Waals surface area contributed by atoms with Crippen LogP contribution in [0.25, 0.3) is 0 Å². The summed E-state index contributed by atoms with van der Waals surface area (Å²) in [5, 5.41) is 11.7. The monoisotopic (exact) mass is 370 g/mol. The zero-order valence-corrected chi connectivity index (χ0v) is 13.8. The molecule has 2 atom stereocenters. The number of amidine groups is 1. The van der Waals surface area contributed by atoms with Crippen LogP contribution in [0.4, 0.5) is 4.79 Å². The van der Waals surface area contributed by atoms with E-state index in [2.05, 4.69) is 28.2 Å². The van der Waals surface area contributed by atoms with E-state index >= 15 is 0 Å². The summed E-state index contributed by atoms with van der Waals surface area (Å²) in [6, 6.07) is 5.90. The molecule has 3 rings (SSSR count). The first-order chi connectivity index (χ1) is 9.99. The van der Waals surface area contributed by atoms with E-state index in [1.807, 2.05) is 18.2 Å². The molecule has 2 heterocycles. The maximum absolute atomic E-state index is 10.9. The highest BCUT2D eigenvalue weighted by molar-refractivity contribution is 9.10. The number of carbonyl (C=O) groups is 1. The number of nitrogens with zero attached hydrogens (tertiary/aromatic N) is 1. The minimum absolute atomic E-state index is 0.317. The minimum Gasteiger partial charge on any atom is -0.493 e. The van der Waals surface area contributed by atoms with Gasteiger partial charge in [0.05, 0.1) is 12.1 Å². The zero-order chi connectivity index (χ0) is 15.0. The third-order valence-corrected chi connectivity index (χ3v) is 5.50. The number of hydrogen-bond donors (Lipinski definition) is 2. The number of ether oxygens (including phenoxy) is 1. The van der Waals surface area contributed by atoms with Crippen LogP contribution < -0.4 is 10.1 Å². The average Bonchev–Trinajstić information content (AvgIpc) is 2.55. The molecule has 5 nitrogen and oxygen atoms in total. The molecule has 112 valence electrons. The van der Waals surface area contributed by atoms with E-state index in [0.29, 0.717) is 17.7 Å². The van der Waals surface area contributed by atoms with Gasteiger partial charge in [0.25, 0.3) is 0 Å². The molecule has 0 saturated carbocycles. The molecule has 0 bridgehead atoms. The number of benzene rings is 1. The second-order valence-corrected chi connectivity index (χ2v) is 7.20. The molecule has 0 radical (unpaired) electrons. The largest absolute Gasteiger partial charge is 0.493 e. The second-order valence-electron chi connectivity index (χ2n) is 5.28. The Balaban J connectivity index is 2.10. The molecule has 21 heavy (non-hydrogen) atoms. The van der Waals surface area contributed by atoms with Gasteiger partial charge in [0.15, 0.2) is 5.17 Å². The highest BCUT2D eigenvalue weighted by atomic mass is 79.9. The lowest BCUT2D eigenvalue weighted by Crippen LogP contribution is -2.40. The second kappa shape index (κ2) is 5.53. The Morgan fingerprint density at radius 2 is 2.43 bits per heavy atom. The molecule has 2 aliphatic rings. The van der Waals surface area contributed by atoms with Crippen LogP contribution in [0.15, 0.2) is 27.7 Å². The first kappa shape index (κ1) is 14.7. The van der Waals surface area contributed by atoms with Crippen LogP contribution in [0.2, 0.25) is 0 Å². The van der Waals surface area contributed by atoms with Crippen LogP contribution in [0.3, 0.4) is 0 Å². The van der Waals surface area contributed by atoms with Gasteiger partial charge in [-0.1, -0.05) is 27.7 Å². The van der Waals surface area contributed by atoms with Crippen LogP contribution >= 0.6 is 27.7 Å². The number of hydrogen-bond acceptors (Lipinski definition) is 4. The molecule has 1 aromatic carbocycles. The van der Waals surface area contributed by atoms with E-state index in [-0.39, 0.29) is 0 Å². The Kier molecular flexibility index (Phi) is 3.88. The molecule has 0 saturated heterocycles. The molecule has 0 aliphatic carbocycles. The van der Waals surface area contributed by atoms with Gasteiger partial charge in [-0.25, -0.2) is 4.79 Å². The average molecular weight is 371 g/mol. The topological polar surface area (TPSA) is 70.9 Å². The van der Waals surface area contributed by atoms with Gasteiger partial charge in [-0.3, -0.25) is 10.3 Å². The summed E-state index contributed by atoms with van der Waals surface area (Å²) < 4.78 is 6.81. The number of fused-ring (bicyclic) bond motifs is 3. The van der Waals surface area contributed by atoms with Gasteiger partial charge in [0.1, 0.15) is 5.75 Å². The first-order valence-electron chi connectivity index (χ1n) is 6.64. The molecule has 2 N–H and O–H groups in total. The smallest absolute Gasteiger partial charge is 0.410 e. The van der Waals surface area contributed by atoms with Crippen molar-refractivity contribution >= 4 is 39.0 Å². The SMILES string of the molecule is C[C@]12N=C(NC(=O)O)SC[C@H]1CCOc1ccc(Br)cc12. The van der Waals surface area contributed by atoms with Gasteiger partial charge >= 0.3 is 6.09 Å². The summed E-state index contributed by atoms with van der Waals surface area (Å²) in [5.74, 6) is 1.97. The third kappa shape index (κ3) is 2.76. The molecule has 0 aromatic heterocycles. The van der Waals surface area contributed by atoms with Gasteiger partial charge in [0, 0.05) is 21.7 Å². The van der Waals surface area contributed by atoms with Crippen LogP contribution in [0.1, 0.15) is 18.9 Å². The van der Waals surface area contributed by atoms with Gasteiger partial charge in [-0.05, 0) is 31.5 Å². The third-order valence-electron chi connectivity index (χ3n) is 3.97. The van der Waals surface area contributed by atoms with Gasteiger partial charge in [-0.2, -0.15) is 0 Å². The molecule has 1 aromatic rings. The molecule has 2 aliphatic heterocycles. The zero-order valence-electron chi connectivity index (χ0n) is 11.4. The molecule has 0 spiro atoms. The number of amides is 1. The van der Waals surface area contributed by atoms with Crippen molar-refractivity contribution in [2.75, 3.05) is 12.4 Å². The minimum atomic E-state index is -1.08. The molecular weight excluding hydrogens is 356 g/mol. The highest BCUT2D eigenvalue weighted by Gasteiger charge is 2.43. The van der Waals surface area contributed by atoms with Crippen molar-refractivity contribution in [3.05, 3.63) is 28.2 Å². The van der Waals surface area contributed by atoms with E-state index in [9.17, 15) is 4.79 Å². The fourth-order valence-corrected chi connectivity index (χ4v) is 4.44. The fourth-order valence-electron chi connectivity index (χ4n) is 2.81. The van der Waals surface area contributed by atoms with Crippen molar-refractivity contribution in [1.82, 2.24) is 5.32 Å². The predicted octanol–water partition coefficient (Wildman–Crippen LogP) is 3.43. The highest BCUT2D eigenvalue weighted by Crippen LogP contribution is 2.47. The first-order valence-corrected chi connectivity index (χ1v) is 8.42. The Labute approximate surface area is 135 Å². The van der Waals surface area contributed by atoms with Crippen molar-refractivity contribution in [1.29, 1.82) is 0 Å². The van der Waals surface area contributed by atoms with Gasteiger partial charge in [0.2, 0.25) is 0 Å². The van der Waals surface area contributed by atoms with E-state index in [1.165, 1.54) is 11.8 Å². The lowest BCUT2D eigenvalue weighted by Gasteiger charge is -2.37. The maximum atomic E-state index is 10.9. The van der Waals surface area contributed by atoms with Crippen molar-refractivity contribution < 1.29 is 14.6 Å². The van der Waals surface area contributed by atoms with Crippen molar-refractivity contribution in [2.24, 2.45) is 10.9 Å². The number of carboxylic acid groups (broad SMARTS) is 1. The standard InChI is InChI=1S/C14H15BrN2O3S/c1-14-8(7-21-12(17-14)16-13(18)19)4-5-20-11-3-2-9(15)6-10(11)14/h2-3,6,8H,4-5,7H2,1H3,(H,16,17)(H,18,19)/t8-,14+/m1/s1. The van der Waals surface area contributed by atoms with Crippen LogP contribution in [0.5, 0.6) is 5.75 Å². The Morgan fingerprint density at radius 3 is 3.19 bits per heavy atom. The van der Waals surface area contributed by atoms with Gasteiger partial charge < -0.3 is 9.84 Å². The van der Waals surface area contributed by atoms with E-state index in [1.54, 1.807) is 0 Å². The van der Waals surface area contributed by atoms with Crippen molar-refractivity contribution in [2.45, 2.75) is 18.9 Å². The Bertz CT molecular complexity index is 622. The molecule has 0 unspecified atom stereocenters. The number of halogens is 1.